The van der Waals surface area contributed by atoms with Crippen molar-refractivity contribution in [3.05, 3.63) is 34.6 Å². The number of rotatable bonds is 2. The zero-order valence-corrected chi connectivity index (χ0v) is 13.6. The average Bonchev–Trinajstić information content (AvgIpc) is 2.38. The molecule has 0 aromatic heterocycles. The van der Waals surface area contributed by atoms with E-state index < -0.39 is 21.7 Å². The van der Waals surface area contributed by atoms with Gasteiger partial charge in [0.15, 0.2) is 0 Å². The van der Waals surface area contributed by atoms with E-state index in [-0.39, 0.29) is 29.1 Å². The largest absolute Gasteiger partial charge is 0.337 e. The van der Waals surface area contributed by atoms with E-state index in [0.29, 0.717) is 19.5 Å². The standard InChI is InChI=1S/C14H16ClFN2O3S/c1-22(20,21)18-7-9-5-6-17(8-12(9)18)14(19)13-10(15)3-2-4-11(13)16/h2-4,9,12H,5-8H2,1H3/t9-,12-/m1/s1. The van der Waals surface area contributed by atoms with Gasteiger partial charge in [-0.1, -0.05) is 17.7 Å². The van der Waals surface area contributed by atoms with E-state index in [1.54, 1.807) is 0 Å². The predicted molar refractivity (Wildman–Crippen MR) is 80.8 cm³/mol. The highest BCUT2D eigenvalue weighted by Gasteiger charge is 2.47. The van der Waals surface area contributed by atoms with E-state index in [9.17, 15) is 17.6 Å². The average molecular weight is 347 g/mol. The summed E-state index contributed by atoms with van der Waals surface area (Å²) in [5.41, 5.74) is -0.146. The molecule has 0 N–H and O–H groups in total. The molecule has 0 saturated carbocycles. The molecule has 2 heterocycles. The van der Waals surface area contributed by atoms with Gasteiger partial charge < -0.3 is 4.90 Å². The monoisotopic (exact) mass is 346 g/mol. The van der Waals surface area contributed by atoms with Crippen LogP contribution in [-0.4, -0.2) is 55.5 Å². The van der Waals surface area contributed by atoms with Crippen LogP contribution in [0.3, 0.4) is 0 Å². The van der Waals surface area contributed by atoms with E-state index in [4.69, 9.17) is 11.6 Å². The molecule has 5 nitrogen and oxygen atoms in total. The van der Waals surface area contributed by atoms with Crippen molar-refractivity contribution in [2.45, 2.75) is 12.5 Å². The molecule has 120 valence electrons. The third-order valence-corrected chi connectivity index (χ3v) is 5.98. The Morgan fingerprint density at radius 3 is 2.73 bits per heavy atom. The molecule has 22 heavy (non-hydrogen) atoms. The van der Waals surface area contributed by atoms with E-state index in [0.717, 1.165) is 6.26 Å². The van der Waals surface area contributed by atoms with Crippen LogP contribution in [0, 0.1) is 11.7 Å². The third-order valence-electron chi connectivity index (χ3n) is 4.40. The van der Waals surface area contributed by atoms with Gasteiger partial charge in [-0.25, -0.2) is 12.8 Å². The summed E-state index contributed by atoms with van der Waals surface area (Å²) in [5, 5.41) is 0.0701. The number of likely N-dealkylation sites (tertiary alicyclic amines) is 1. The maximum Gasteiger partial charge on any atom is 0.258 e. The highest BCUT2D eigenvalue weighted by atomic mass is 35.5. The molecule has 0 spiro atoms. The van der Waals surface area contributed by atoms with Crippen molar-refractivity contribution in [2.24, 2.45) is 5.92 Å². The van der Waals surface area contributed by atoms with Crippen LogP contribution < -0.4 is 0 Å². The molecule has 0 bridgehead atoms. The molecule has 2 saturated heterocycles. The van der Waals surface area contributed by atoms with Crippen molar-refractivity contribution in [2.75, 3.05) is 25.9 Å². The van der Waals surface area contributed by atoms with Crippen LogP contribution in [0.25, 0.3) is 0 Å². The zero-order chi connectivity index (χ0) is 16.1. The topological polar surface area (TPSA) is 57.7 Å². The van der Waals surface area contributed by atoms with Gasteiger partial charge in [-0.2, -0.15) is 4.31 Å². The summed E-state index contributed by atoms with van der Waals surface area (Å²) < 4.78 is 38.6. The second kappa shape index (κ2) is 5.47. The Bertz CT molecular complexity index is 705. The summed E-state index contributed by atoms with van der Waals surface area (Å²) in [5.74, 6) is -0.870. The van der Waals surface area contributed by atoms with E-state index >= 15 is 0 Å². The molecule has 1 amide bonds. The quantitative estimate of drug-likeness (QED) is 0.817. The van der Waals surface area contributed by atoms with Crippen molar-refractivity contribution in [1.82, 2.24) is 9.21 Å². The molecule has 0 aliphatic carbocycles. The Kier molecular flexibility index (Phi) is 3.91. The minimum absolute atomic E-state index is 0.0701. The first-order chi connectivity index (χ1) is 10.3. The first kappa shape index (κ1) is 15.7. The Morgan fingerprint density at radius 2 is 2.09 bits per heavy atom. The van der Waals surface area contributed by atoms with Gasteiger partial charge in [0.05, 0.1) is 16.8 Å². The Balaban J connectivity index is 1.80. The van der Waals surface area contributed by atoms with Crippen molar-refractivity contribution >= 4 is 27.5 Å². The maximum atomic E-state index is 13.9. The number of nitrogens with zero attached hydrogens (tertiary/aromatic N) is 2. The molecule has 2 atom stereocenters. The first-order valence-electron chi connectivity index (χ1n) is 6.99. The highest BCUT2D eigenvalue weighted by Crippen LogP contribution is 2.35. The van der Waals surface area contributed by atoms with Crippen molar-refractivity contribution < 1.29 is 17.6 Å². The summed E-state index contributed by atoms with van der Waals surface area (Å²) in [6.07, 6.45) is 1.88. The van der Waals surface area contributed by atoms with Crippen molar-refractivity contribution in [3.63, 3.8) is 0 Å². The molecule has 2 fully saturated rings. The lowest BCUT2D eigenvalue weighted by molar-refractivity contribution is 0.0139. The fourth-order valence-corrected chi connectivity index (χ4v) is 4.61. The van der Waals surface area contributed by atoms with Crippen molar-refractivity contribution in [3.8, 4) is 0 Å². The number of carbonyl (C=O) groups excluding carboxylic acids is 1. The number of halogens is 2. The predicted octanol–water partition coefficient (Wildman–Crippen LogP) is 1.58. The van der Waals surface area contributed by atoms with Gasteiger partial charge in [-0.05, 0) is 24.5 Å². The van der Waals surface area contributed by atoms with E-state index in [1.807, 2.05) is 0 Å². The number of carbonyl (C=O) groups is 1. The number of sulfonamides is 1. The molecule has 8 heteroatoms. The number of hydrogen-bond acceptors (Lipinski definition) is 3. The number of piperidine rings is 1. The molecule has 3 rings (SSSR count). The van der Waals surface area contributed by atoms with Crippen LogP contribution in [0.4, 0.5) is 4.39 Å². The number of hydrogen-bond donors (Lipinski definition) is 0. The third kappa shape index (κ3) is 2.61. The SMILES string of the molecule is CS(=O)(=O)N1C[C@H]2CCN(C(=O)c3c(F)cccc3Cl)C[C@H]21. The van der Waals surface area contributed by atoms with E-state index in [2.05, 4.69) is 0 Å². The summed E-state index contributed by atoms with van der Waals surface area (Å²) >= 11 is 5.93. The number of benzene rings is 1. The van der Waals surface area contributed by atoms with Crippen LogP contribution in [0.5, 0.6) is 0 Å². The molecule has 2 aliphatic heterocycles. The van der Waals surface area contributed by atoms with Gasteiger partial charge in [-0.3, -0.25) is 4.79 Å². The lowest BCUT2D eigenvalue weighted by atomic mass is 9.84. The fraction of sp³-hybridized carbons (Fsp3) is 0.500. The number of amides is 1. The second-order valence-corrected chi connectivity index (χ2v) is 8.14. The van der Waals surface area contributed by atoms with Crippen LogP contribution in [0.1, 0.15) is 16.8 Å². The Hall–Kier alpha value is -1.18. The smallest absolute Gasteiger partial charge is 0.258 e. The molecule has 1 aromatic carbocycles. The minimum atomic E-state index is -3.27. The van der Waals surface area contributed by atoms with Gasteiger partial charge in [0.1, 0.15) is 5.82 Å². The van der Waals surface area contributed by atoms with Gasteiger partial charge in [0.2, 0.25) is 10.0 Å². The lowest BCUT2D eigenvalue weighted by Crippen LogP contribution is -2.65. The molecule has 1 aromatic rings. The lowest BCUT2D eigenvalue weighted by Gasteiger charge is -2.51. The zero-order valence-electron chi connectivity index (χ0n) is 12.0. The molecular weight excluding hydrogens is 331 g/mol. The van der Waals surface area contributed by atoms with Gasteiger partial charge in [0, 0.05) is 25.7 Å². The minimum Gasteiger partial charge on any atom is -0.337 e. The molecular formula is C14H16ClFN2O3S. The highest BCUT2D eigenvalue weighted by molar-refractivity contribution is 7.88. The Labute approximate surface area is 133 Å². The first-order valence-corrected chi connectivity index (χ1v) is 9.22. The van der Waals surface area contributed by atoms with Crippen LogP contribution in [0.2, 0.25) is 5.02 Å². The summed E-state index contributed by atoms with van der Waals surface area (Å²) in [7, 11) is -3.27. The summed E-state index contributed by atoms with van der Waals surface area (Å²) in [6, 6.07) is 3.89. The van der Waals surface area contributed by atoms with E-state index in [1.165, 1.54) is 27.4 Å². The fourth-order valence-electron chi connectivity index (χ4n) is 3.17. The molecule has 2 aliphatic rings. The number of fused-ring (bicyclic) bond motifs is 1. The Morgan fingerprint density at radius 1 is 1.36 bits per heavy atom. The maximum absolute atomic E-state index is 13.9. The van der Waals surface area contributed by atoms with Crippen molar-refractivity contribution in [1.29, 1.82) is 0 Å². The summed E-state index contributed by atoms with van der Waals surface area (Å²) in [6.45, 7) is 1.27. The van der Waals surface area contributed by atoms with Gasteiger partial charge >= 0.3 is 0 Å². The van der Waals surface area contributed by atoms with Crippen LogP contribution in [-0.2, 0) is 10.0 Å². The normalized spacial score (nSPS) is 25.5. The van der Waals surface area contributed by atoms with Gasteiger partial charge in [-0.15, -0.1) is 0 Å². The molecule has 0 unspecified atom stereocenters. The van der Waals surface area contributed by atoms with Crippen LogP contribution >= 0.6 is 11.6 Å². The van der Waals surface area contributed by atoms with Gasteiger partial charge in [0.25, 0.3) is 5.91 Å². The second-order valence-electron chi connectivity index (χ2n) is 5.80. The summed E-state index contributed by atoms with van der Waals surface area (Å²) in [4.78, 5) is 14.0. The molecule has 0 radical (unpaired) electrons. The van der Waals surface area contributed by atoms with Crippen LogP contribution in [0.15, 0.2) is 18.2 Å².